The molecule has 2 aromatic carbocycles. The summed E-state index contributed by atoms with van der Waals surface area (Å²) < 4.78 is 38.0. The molecule has 2 fully saturated rings. The van der Waals surface area contributed by atoms with Crippen LogP contribution in [-0.4, -0.2) is 117 Å². The van der Waals surface area contributed by atoms with Crippen molar-refractivity contribution in [2.75, 3.05) is 83.9 Å². The summed E-state index contributed by atoms with van der Waals surface area (Å²) in [6.07, 6.45) is 7.63. The molecular weight excluding hydrogens is 899 g/mol. The Morgan fingerprint density at radius 2 is 1.06 bits per heavy atom. The van der Waals surface area contributed by atoms with E-state index in [0.29, 0.717) is 70.3 Å². The zero-order valence-corrected chi connectivity index (χ0v) is 37.5. The largest absolute Gasteiger partial charge is 0.481 e. The lowest BCUT2D eigenvalue weighted by Crippen LogP contribution is -2.37. The molecule has 0 radical (unpaired) electrons. The molecule has 6 heterocycles. The van der Waals surface area contributed by atoms with Crippen molar-refractivity contribution < 1.29 is 42.9 Å². The maximum Gasteiger partial charge on any atom is 0.310 e. The van der Waals surface area contributed by atoms with Gasteiger partial charge in [0.1, 0.15) is 5.69 Å². The van der Waals surface area contributed by atoms with E-state index < -0.39 is 35.4 Å². The third-order valence-electron chi connectivity index (χ3n) is 10.4. The third-order valence-corrected chi connectivity index (χ3v) is 10.4. The first kappa shape index (κ1) is 50.1. The summed E-state index contributed by atoms with van der Waals surface area (Å²) in [7, 11) is 0. The number of rotatable bonds is 15. The number of carboxylic acid groups (broad SMARTS) is 2. The molecule has 360 valence electrons. The van der Waals surface area contributed by atoms with Crippen LogP contribution >= 0.6 is 0 Å². The minimum Gasteiger partial charge on any atom is -0.481 e. The first-order valence-electron chi connectivity index (χ1n) is 21.4. The van der Waals surface area contributed by atoms with Crippen molar-refractivity contribution in [3.63, 3.8) is 0 Å². The topological polar surface area (TPSA) is 280 Å². The smallest absolute Gasteiger partial charge is 0.310 e. The molecule has 0 aliphatic carbocycles. The number of nitrogen functional groups attached to an aromatic ring is 1. The fourth-order valence-electron chi connectivity index (χ4n) is 6.42. The highest BCUT2D eigenvalue weighted by Crippen LogP contribution is 2.24. The molecule has 0 saturated carbocycles. The van der Waals surface area contributed by atoms with Gasteiger partial charge in [-0.25, -0.2) is 30.0 Å². The number of aldehydes is 1. The van der Waals surface area contributed by atoms with E-state index in [9.17, 15) is 23.2 Å². The number of nitrogens with one attached hydrogen (secondary N) is 4. The number of morpholine rings is 2. The number of nitrogens with zero attached hydrogens (tertiary/aromatic N) is 9. The van der Waals surface area contributed by atoms with Crippen molar-refractivity contribution in [2.24, 2.45) is 10.9 Å². The standard InChI is InChI=1S/C23H24FN7O3.C15H14N2O3.C8H12FN5O/c1-15(22(32)33)16-2-4-17(5-3-16)28-19-7-6-18(25-12-19)13-27-30-23-26-14-20(24)21(29-23)31-8-10-34-11-9-31;1-10(15(19)20)11-2-4-12(5-3-11)17-13-6-7-14(9-18)16-8-13;9-6-5-11-8(13-10)12-7(6)14-1-3-15-4-2-14/h2-7,12-15,28H,8-11H2,1H3,(H,32,33)(H,26,29,30);2-10,17H,1H3,(H,19,20);5H,1-4,10H2,(H,11,12,13)/b27-13+;;. The van der Waals surface area contributed by atoms with E-state index in [2.05, 4.69) is 56.5 Å². The highest BCUT2D eigenvalue weighted by Gasteiger charge is 2.19. The lowest BCUT2D eigenvalue weighted by molar-refractivity contribution is -0.139. The number of hydrogen-bond donors (Lipinski definition) is 7. The Kier molecular flexibility index (Phi) is 18.2. The molecule has 2 atom stereocenters. The molecule has 2 unspecified atom stereocenters. The average Bonchev–Trinajstić information content (AvgIpc) is 3.38. The minimum absolute atomic E-state index is 0.179. The number of ether oxygens (including phenoxy) is 2. The number of halogens is 2. The molecule has 4 aromatic heterocycles. The first-order chi connectivity index (χ1) is 33.4. The molecular formula is C46H50F2N14O7. The molecule has 0 bridgehead atoms. The van der Waals surface area contributed by atoms with Crippen LogP contribution in [0.1, 0.15) is 53.0 Å². The molecule has 8 N–H and O–H groups in total. The lowest BCUT2D eigenvalue weighted by atomic mass is 10.0. The number of aromatic nitrogens is 6. The second kappa shape index (κ2) is 25.0. The molecule has 21 nitrogen and oxygen atoms in total. The maximum atomic E-state index is 14.1. The summed E-state index contributed by atoms with van der Waals surface area (Å²) in [6, 6.07) is 21.4. The number of hydrogen-bond acceptors (Lipinski definition) is 19. The quantitative estimate of drug-likeness (QED) is 0.0278. The predicted octanol–water partition coefficient (Wildman–Crippen LogP) is 5.79. The van der Waals surface area contributed by atoms with Crippen molar-refractivity contribution in [2.45, 2.75) is 25.7 Å². The number of nitrogens with two attached hydrogens (primary N) is 1. The van der Waals surface area contributed by atoms with E-state index in [1.807, 2.05) is 35.2 Å². The zero-order chi connectivity index (χ0) is 49.1. The van der Waals surface area contributed by atoms with Gasteiger partial charge in [-0.1, -0.05) is 24.3 Å². The molecule has 8 rings (SSSR count). The Labute approximate surface area is 394 Å². The van der Waals surface area contributed by atoms with Gasteiger partial charge in [0, 0.05) is 37.6 Å². The van der Waals surface area contributed by atoms with Gasteiger partial charge in [0.2, 0.25) is 11.9 Å². The lowest BCUT2D eigenvalue weighted by Gasteiger charge is -2.27. The number of hydrazone groups is 1. The van der Waals surface area contributed by atoms with Crippen molar-refractivity contribution in [1.82, 2.24) is 29.9 Å². The summed E-state index contributed by atoms with van der Waals surface area (Å²) >= 11 is 0. The zero-order valence-electron chi connectivity index (χ0n) is 37.5. The first-order valence-corrected chi connectivity index (χ1v) is 21.4. The second-order valence-electron chi connectivity index (χ2n) is 15.1. The summed E-state index contributed by atoms with van der Waals surface area (Å²) in [5, 5.41) is 28.5. The van der Waals surface area contributed by atoms with E-state index in [4.69, 9.17) is 25.5 Å². The molecule has 2 aliphatic rings. The van der Waals surface area contributed by atoms with Crippen molar-refractivity contribution >= 4 is 70.7 Å². The Morgan fingerprint density at radius 1 is 0.638 bits per heavy atom. The molecule has 2 aliphatic heterocycles. The number of carbonyl (C=O) groups is 3. The predicted molar refractivity (Wildman–Crippen MR) is 254 cm³/mol. The Hall–Kier alpha value is -8.28. The van der Waals surface area contributed by atoms with Crippen molar-refractivity contribution in [3.05, 3.63) is 132 Å². The number of hydrazine groups is 1. The van der Waals surface area contributed by atoms with Gasteiger partial charge in [0.15, 0.2) is 29.6 Å². The van der Waals surface area contributed by atoms with Crippen molar-refractivity contribution in [1.29, 1.82) is 0 Å². The number of carbonyl (C=O) groups excluding carboxylic acids is 1. The Balaban J connectivity index is 0.000000188. The molecule has 6 aromatic rings. The third kappa shape index (κ3) is 14.9. The van der Waals surface area contributed by atoms with Crippen LogP contribution in [0, 0.1) is 11.6 Å². The summed E-state index contributed by atoms with van der Waals surface area (Å²) in [5.41, 5.74) is 10.6. The highest BCUT2D eigenvalue weighted by molar-refractivity contribution is 5.79. The van der Waals surface area contributed by atoms with E-state index >= 15 is 0 Å². The maximum absolute atomic E-state index is 14.1. The van der Waals surface area contributed by atoms with Crippen LogP contribution in [0.4, 0.5) is 55.1 Å². The highest BCUT2D eigenvalue weighted by atomic mass is 19.1. The van der Waals surface area contributed by atoms with E-state index in [1.165, 1.54) is 6.21 Å². The molecule has 0 amide bonds. The van der Waals surface area contributed by atoms with E-state index in [0.717, 1.165) is 46.3 Å². The summed E-state index contributed by atoms with van der Waals surface area (Å²) in [5.74, 6) is 2.28. The summed E-state index contributed by atoms with van der Waals surface area (Å²) in [4.78, 5) is 60.1. The van der Waals surface area contributed by atoms with Crippen LogP contribution < -0.4 is 37.1 Å². The number of benzene rings is 2. The second-order valence-corrected chi connectivity index (χ2v) is 15.1. The number of pyridine rings is 2. The van der Waals surface area contributed by atoms with Gasteiger partial charge in [0.05, 0.1) is 86.3 Å². The fraction of sp³-hybridized carbons (Fsp3) is 0.261. The van der Waals surface area contributed by atoms with Gasteiger partial charge in [-0.2, -0.15) is 15.1 Å². The summed E-state index contributed by atoms with van der Waals surface area (Å²) in [6.45, 7) is 7.87. The van der Waals surface area contributed by atoms with Crippen molar-refractivity contribution in [3.8, 4) is 0 Å². The number of aliphatic carboxylic acids is 2. The molecule has 23 heteroatoms. The van der Waals surface area contributed by atoms with E-state index in [-0.39, 0.29) is 23.5 Å². The van der Waals surface area contributed by atoms with Gasteiger partial charge in [-0.3, -0.25) is 29.8 Å². The molecule has 69 heavy (non-hydrogen) atoms. The fourth-order valence-corrected chi connectivity index (χ4v) is 6.42. The van der Waals surface area contributed by atoms with Gasteiger partial charge in [-0.15, -0.1) is 0 Å². The van der Waals surface area contributed by atoms with Crippen LogP contribution in [-0.2, 0) is 19.1 Å². The number of carboxylic acids is 2. The van der Waals surface area contributed by atoms with Gasteiger partial charge >= 0.3 is 11.9 Å². The van der Waals surface area contributed by atoms with Gasteiger partial charge in [0.25, 0.3) is 0 Å². The van der Waals surface area contributed by atoms with Gasteiger partial charge in [-0.05, 0) is 73.5 Å². The normalized spacial score (nSPS) is 14.2. The molecule has 2 saturated heterocycles. The van der Waals surface area contributed by atoms with Crippen LogP contribution in [0.5, 0.6) is 0 Å². The Bertz CT molecular complexity index is 2640. The van der Waals surface area contributed by atoms with Crippen LogP contribution in [0.3, 0.4) is 0 Å². The van der Waals surface area contributed by atoms with Gasteiger partial charge < -0.3 is 40.1 Å². The van der Waals surface area contributed by atoms with E-state index in [1.54, 1.807) is 73.6 Å². The SMILES string of the molecule is CC(C(=O)O)c1ccc(Nc2ccc(/C=N/Nc3ncc(F)c(N4CCOCC4)n3)nc2)cc1.CC(C(=O)O)c1ccc(Nc2ccc(C=O)nc2)cc1.NNc1ncc(F)c(N2CCOCC2)n1. The van der Waals surface area contributed by atoms with Crippen LogP contribution in [0.2, 0.25) is 0 Å². The minimum atomic E-state index is -0.861. The van der Waals surface area contributed by atoms with Crippen LogP contribution in [0.25, 0.3) is 0 Å². The Morgan fingerprint density at radius 3 is 1.46 bits per heavy atom. The monoisotopic (exact) mass is 948 g/mol. The number of anilines is 8. The van der Waals surface area contributed by atoms with Crippen LogP contribution in [0.15, 0.2) is 103 Å². The molecule has 0 spiro atoms. The average molecular weight is 949 g/mol.